The van der Waals surface area contributed by atoms with Gasteiger partial charge in [0.2, 0.25) is 11.8 Å². The Hall–Kier alpha value is -2.72. The Labute approximate surface area is 185 Å². The Balaban J connectivity index is 1.70. The number of rotatable bonds is 7. The van der Waals surface area contributed by atoms with Crippen LogP contribution in [0.15, 0.2) is 46.2 Å². The van der Waals surface area contributed by atoms with Gasteiger partial charge in [0.05, 0.1) is 36.2 Å². The predicted octanol–water partition coefficient (Wildman–Crippen LogP) is 3.33. The first-order chi connectivity index (χ1) is 14.7. The SMILES string of the molecule is COc1ccc(OC)c(NC(=O)CCS(=O)(=O)c2ccc3c(c2)NC(=O)C[C@@H](C)S3)c1. The van der Waals surface area contributed by atoms with Gasteiger partial charge in [-0.2, -0.15) is 0 Å². The van der Waals surface area contributed by atoms with Crippen LogP contribution < -0.4 is 20.1 Å². The molecule has 8 nitrogen and oxygen atoms in total. The van der Waals surface area contributed by atoms with Gasteiger partial charge in [0.25, 0.3) is 0 Å². The van der Waals surface area contributed by atoms with Crippen molar-refractivity contribution in [3.63, 3.8) is 0 Å². The molecule has 0 aromatic heterocycles. The molecule has 2 aromatic carbocycles. The highest BCUT2D eigenvalue weighted by Crippen LogP contribution is 2.36. The average Bonchev–Trinajstić information content (AvgIpc) is 2.87. The molecule has 2 N–H and O–H groups in total. The van der Waals surface area contributed by atoms with Crippen LogP contribution in [0.4, 0.5) is 11.4 Å². The first-order valence-corrected chi connectivity index (χ1v) is 12.1. The van der Waals surface area contributed by atoms with E-state index in [-0.39, 0.29) is 28.2 Å². The fourth-order valence-electron chi connectivity index (χ4n) is 3.09. The van der Waals surface area contributed by atoms with Gasteiger partial charge in [-0.25, -0.2) is 8.42 Å². The molecule has 0 bridgehead atoms. The van der Waals surface area contributed by atoms with Crippen LogP contribution in [0.25, 0.3) is 0 Å². The van der Waals surface area contributed by atoms with E-state index in [4.69, 9.17) is 9.47 Å². The minimum absolute atomic E-state index is 0.0634. The zero-order chi connectivity index (χ0) is 22.6. The van der Waals surface area contributed by atoms with Crippen LogP contribution in [0.5, 0.6) is 11.5 Å². The fraction of sp³-hybridized carbons (Fsp3) is 0.333. The molecule has 0 saturated carbocycles. The molecule has 0 fully saturated rings. The molecule has 0 unspecified atom stereocenters. The molecule has 166 valence electrons. The Kier molecular flexibility index (Phi) is 7.11. The first-order valence-electron chi connectivity index (χ1n) is 9.57. The van der Waals surface area contributed by atoms with Gasteiger partial charge in [0, 0.05) is 29.1 Å². The van der Waals surface area contributed by atoms with Crippen molar-refractivity contribution < 1.29 is 27.5 Å². The van der Waals surface area contributed by atoms with Gasteiger partial charge in [-0.1, -0.05) is 6.92 Å². The zero-order valence-corrected chi connectivity index (χ0v) is 19.1. The van der Waals surface area contributed by atoms with Crippen molar-refractivity contribution >= 4 is 44.8 Å². The van der Waals surface area contributed by atoms with Crippen LogP contribution in [-0.4, -0.2) is 45.5 Å². The summed E-state index contributed by atoms with van der Waals surface area (Å²) in [6.45, 7) is 1.94. The molecular weight excluding hydrogens is 440 g/mol. The van der Waals surface area contributed by atoms with Crippen molar-refractivity contribution in [1.29, 1.82) is 0 Å². The van der Waals surface area contributed by atoms with E-state index in [0.717, 1.165) is 4.90 Å². The maximum Gasteiger partial charge on any atom is 0.225 e. The molecule has 2 amide bonds. The Morgan fingerprint density at radius 3 is 2.68 bits per heavy atom. The van der Waals surface area contributed by atoms with Crippen LogP contribution >= 0.6 is 11.8 Å². The number of benzene rings is 2. The number of thioether (sulfide) groups is 1. The van der Waals surface area contributed by atoms with Crippen LogP contribution in [0, 0.1) is 0 Å². The topological polar surface area (TPSA) is 111 Å². The quantitative estimate of drug-likeness (QED) is 0.647. The van der Waals surface area contributed by atoms with E-state index in [0.29, 0.717) is 29.3 Å². The van der Waals surface area contributed by atoms with E-state index in [2.05, 4.69) is 10.6 Å². The van der Waals surface area contributed by atoms with Crippen molar-refractivity contribution in [3.05, 3.63) is 36.4 Å². The maximum absolute atomic E-state index is 12.8. The second kappa shape index (κ2) is 9.61. The van der Waals surface area contributed by atoms with Gasteiger partial charge in [0.1, 0.15) is 11.5 Å². The summed E-state index contributed by atoms with van der Waals surface area (Å²) in [4.78, 5) is 25.2. The molecular formula is C21H24N2O6S2. The summed E-state index contributed by atoms with van der Waals surface area (Å²) in [7, 11) is -0.757. The standard InChI is InChI=1S/C21H24N2O6S2/c1-13-10-21(25)23-17-12-15(5-7-19(17)30-13)31(26,27)9-8-20(24)22-16-11-14(28-2)4-6-18(16)29-3/h4-7,11-13H,8-10H2,1-3H3,(H,22,24)(H,23,25)/t13-/m1/s1. The summed E-state index contributed by atoms with van der Waals surface area (Å²) in [5.41, 5.74) is 0.870. The third-order valence-electron chi connectivity index (χ3n) is 4.66. The normalized spacial score (nSPS) is 16.0. The van der Waals surface area contributed by atoms with E-state index in [1.165, 1.54) is 38.1 Å². The van der Waals surface area contributed by atoms with Gasteiger partial charge in [-0.15, -0.1) is 11.8 Å². The minimum Gasteiger partial charge on any atom is -0.497 e. The summed E-state index contributed by atoms with van der Waals surface area (Å²) < 4.78 is 35.9. The lowest BCUT2D eigenvalue weighted by Gasteiger charge is -2.12. The smallest absolute Gasteiger partial charge is 0.225 e. The number of fused-ring (bicyclic) bond motifs is 1. The van der Waals surface area contributed by atoms with Crippen molar-refractivity contribution in [1.82, 2.24) is 0 Å². The average molecular weight is 465 g/mol. The van der Waals surface area contributed by atoms with Gasteiger partial charge in [-0.05, 0) is 30.3 Å². The lowest BCUT2D eigenvalue weighted by atomic mass is 10.2. The third kappa shape index (κ3) is 5.71. The molecule has 1 heterocycles. The minimum atomic E-state index is -3.73. The van der Waals surface area contributed by atoms with Gasteiger partial charge in [-0.3, -0.25) is 9.59 Å². The number of carbonyl (C=O) groups is 2. The van der Waals surface area contributed by atoms with Gasteiger partial charge >= 0.3 is 0 Å². The van der Waals surface area contributed by atoms with Gasteiger partial charge < -0.3 is 20.1 Å². The molecule has 0 spiro atoms. The van der Waals surface area contributed by atoms with E-state index in [9.17, 15) is 18.0 Å². The second-order valence-corrected chi connectivity index (χ2v) is 10.6. The summed E-state index contributed by atoms with van der Waals surface area (Å²) >= 11 is 1.52. The largest absolute Gasteiger partial charge is 0.497 e. The van der Waals surface area contributed by atoms with E-state index in [1.54, 1.807) is 24.3 Å². The highest BCUT2D eigenvalue weighted by Gasteiger charge is 2.23. The molecule has 1 aliphatic rings. The Morgan fingerprint density at radius 2 is 1.97 bits per heavy atom. The molecule has 0 saturated heterocycles. The first kappa shape index (κ1) is 23.0. The summed E-state index contributed by atoms with van der Waals surface area (Å²) in [5.74, 6) is -0.0304. The number of carbonyl (C=O) groups excluding carboxylic acids is 2. The van der Waals surface area contributed by atoms with Crippen LogP contribution in [0.1, 0.15) is 19.8 Å². The highest BCUT2D eigenvalue weighted by molar-refractivity contribution is 8.00. The molecule has 10 heteroatoms. The van der Waals surface area contributed by atoms with E-state index in [1.807, 2.05) is 6.92 Å². The van der Waals surface area contributed by atoms with Crippen LogP contribution in [0.3, 0.4) is 0 Å². The molecule has 0 aliphatic carbocycles. The van der Waals surface area contributed by atoms with Crippen LogP contribution in [-0.2, 0) is 19.4 Å². The maximum atomic E-state index is 12.8. The number of hydrogen-bond donors (Lipinski definition) is 2. The lowest BCUT2D eigenvalue weighted by molar-refractivity contribution is -0.116. The van der Waals surface area contributed by atoms with Crippen molar-refractivity contribution in [2.45, 2.75) is 34.8 Å². The fourth-order valence-corrected chi connectivity index (χ4v) is 5.41. The predicted molar refractivity (Wildman–Crippen MR) is 120 cm³/mol. The van der Waals surface area contributed by atoms with E-state index >= 15 is 0 Å². The van der Waals surface area contributed by atoms with E-state index < -0.39 is 15.7 Å². The summed E-state index contributed by atoms with van der Waals surface area (Å²) in [5, 5.41) is 5.52. The second-order valence-electron chi connectivity index (χ2n) is 7.02. The number of hydrogen-bond acceptors (Lipinski definition) is 7. The van der Waals surface area contributed by atoms with Crippen molar-refractivity contribution in [2.24, 2.45) is 0 Å². The monoisotopic (exact) mass is 464 g/mol. The summed E-state index contributed by atoms with van der Waals surface area (Å²) in [6, 6.07) is 9.59. The van der Waals surface area contributed by atoms with Crippen molar-refractivity contribution in [3.8, 4) is 11.5 Å². The number of amides is 2. The number of ether oxygens (including phenoxy) is 2. The van der Waals surface area contributed by atoms with Crippen LogP contribution in [0.2, 0.25) is 0 Å². The molecule has 3 rings (SSSR count). The highest BCUT2D eigenvalue weighted by atomic mass is 32.2. The number of nitrogens with one attached hydrogen (secondary N) is 2. The molecule has 31 heavy (non-hydrogen) atoms. The molecule has 0 radical (unpaired) electrons. The molecule has 2 aromatic rings. The Morgan fingerprint density at radius 1 is 1.19 bits per heavy atom. The number of sulfone groups is 1. The number of anilines is 2. The molecule has 1 atom stereocenters. The Bertz CT molecular complexity index is 1100. The summed E-state index contributed by atoms with van der Waals surface area (Å²) in [6.07, 6.45) is 0.118. The molecule has 1 aliphatic heterocycles. The number of methoxy groups -OCH3 is 2. The zero-order valence-electron chi connectivity index (χ0n) is 17.4. The third-order valence-corrected chi connectivity index (χ3v) is 7.56. The van der Waals surface area contributed by atoms with Crippen molar-refractivity contribution in [2.75, 3.05) is 30.6 Å². The lowest BCUT2D eigenvalue weighted by Crippen LogP contribution is -2.18. The van der Waals surface area contributed by atoms with Gasteiger partial charge in [0.15, 0.2) is 9.84 Å².